The van der Waals surface area contributed by atoms with Gasteiger partial charge in [-0.15, -0.1) is 0 Å². The highest BCUT2D eigenvalue weighted by molar-refractivity contribution is 5.83. The van der Waals surface area contributed by atoms with Gasteiger partial charge in [0.1, 0.15) is 5.78 Å². The molecule has 0 spiro atoms. The van der Waals surface area contributed by atoms with Crippen LogP contribution in [-0.4, -0.2) is 17.0 Å². The summed E-state index contributed by atoms with van der Waals surface area (Å²) in [5.41, 5.74) is -0.311. The minimum atomic E-state index is -0.443. The molecule has 1 atom stereocenters. The van der Waals surface area contributed by atoms with Crippen LogP contribution in [0.1, 0.15) is 47.0 Å². The second-order valence-corrected chi connectivity index (χ2v) is 4.32. The van der Waals surface area contributed by atoms with E-state index < -0.39 is 6.10 Å². The minimum Gasteiger partial charge on any atom is -0.393 e. The van der Waals surface area contributed by atoms with Gasteiger partial charge in [0.05, 0.1) is 6.10 Å². The Morgan fingerprint density at radius 1 is 1.42 bits per heavy atom. The molecule has 0 heterocycles. The number of Topliss-reactive ketones (excluding diaryl/α,β-unsaturated/α-hetero) is 1. The molecule has 0 saturated carbocycles. The summed E-state index contributed by atoms with van der Waals surface area (Å²) in [5.74, 6) is 0.142. The van der Waals surface area contributed by atoms with Crippen LogP contribution in [0.25, 0.3) is 0 Å². The number of hydrogen-bond donors (Lipinski definition) is 1. The van der Waals surface area contributed by atoms with Crippen LogP contribution >= 0.6 is 0 Å². The summed E-state index contributed by atoms with van der Waals surface area (Å²) in [4.78, 5) is 11.4. The monoisotopic (exact) mass is 172 g/mol. The van der Waals surface area contributed by atoms with Crippen LogP contribution in [0, 0.1) is 5.41 Å². The molecule has 1 N–H and O–H groups in total. The van der Waals surface area contributed by atoms with E-state index in [2.05, 4.69) is 0 Å². The Morgan fingerprint density at radius 3 is 2.25 bits per heavy atom. The van der Waals surface area contributed by atoms with Crippen LogP contribution in [0.3, 0.4) is 0 Å². The molecule has 0 aromatic carbocycles. The summed E-state index contributed by atoms with van der Waals surface area (Å²) in [6.07, 6.45) is 1.51. The Hall–Kier alpha value is -0.370. The molecule has 0 amide bonds. The van der Waals surface area contributed by atoms with Gasteiger partial charge in [0.2, 0.25) is 0 Å². The lowest BCUT2D eigenvalue weighted by atomic mass is 9.87. The third-order valence-electron chi connectivity index (χ3n) is 1.88. The molecule has 0 radical (unpaired) electrons. The Balaban J connectivity index is 3.85. The molecule has 12 heavy (non-hydrogen) atoms. The fourth-order valence-corrected chi connectivity index (χ4v) is 0.955. The average molecular weight is 172 g/mol. The maximum absolute atomic E-state index is 11.4. The van der Waals surface area contributed by atoms with E-state index in [1.807, 2.05) is 27.7 Å². The number of ketones is 1. The maximum Gasteiger partial charge on any atom is 0.140 e. The first-order chi connectivity index (χ1) is 5.38. The fourth-order valence-electron chi connectivity index (χ4n) is 0.955. The lowest BCUT2D eigenvalue weighted by molar-refractivity contribution is -0.128. The molecule has 2 heteroatoms. The molecule has 0 aliphatic rings. The van der Waals surface area contributed by atoms with Gasteiger partial charge in [0.25, 0.3) is 0 Å². The zero-order valence-electron chi connectivity index (χ0n) is 8.55. The molecule has 0 saturated heterocycles. The van der Waals surface area contributed by atoms with Crippen molar-refractivity contribution in [2.45, 2.75) is 53.1 Å². The van der Waals surface area contributed by atoms with Gasteiger partial charge in [-0.1, -0.05) is 34.1 Å². The van der Waals surface area contributed by atoms with Crippen LogP contribution in [0.4, 0.5) is 0 Å². The van der Waals surface area contributed by atoms with Crippen LogP contribution in [0.5, 0.6) is 0 Å². The molecule has 2 nitrogen and oxygen atoms in total. The molecule has 0 fully saturated rings. The molecule has 0 aromatic heterocycles. The van der Waals surface area contributed by atoms with Crippen LogP contribution in [0.2, 0.25) is 0 Å². The van der Waals surface area contributed by atoms with Gasteiger partial charge < -0.3 is 5.11 Å². The van der Waals surface area contributed by atoms with Crippen molar-refractivity contribution in [3.8, 4) is 0 Å². The fraction of sp³-hybridized carbons (Fsp3) is 0.900. The summed E-state index contributed by atoms with van der Waals surface area (Å²) in [6.45, 7) is 7.65. The number of aliphatic hydroxyl groups is 1. The molecule has 0 rings (SSSR count). The molecular weight excluding hydrogens is 152 g/mol. The van der Waals surface area contributed by atoms with Crippen LogP contribution < -0.4 is 0 Å². The van der Waals surface area contributed by atoms with E-state index in [0.717, 1.165) is 12.8 Å². The predicted octanol–water partition coefficient (Wildman–Crippen LogP) is 2.15. The van der Waals surface area contributed by atoms with E-state index in [-0.39, 0.29) is 11.2 Å². The number of carbonyl (C=O) groups excluding carboxylic acids is 1. The van der Waals surface area contributed by atoms with Crippen LogP contribution in [0.15, 0.2) is 0 Å². The minimum absolute atomic E-state index is 0.142. The van der Waals surface area contributed by atoms with E-state index >= 15 is 0 Å². The molecule has 72 valence electrons. The maximum atomic E-state index is 11.4. The van der Waals surface area contributed by atoms with Crippen molar-refractivity contribution < 1.29 is 9.90 Å². The van der Waals surface area contributed by atoms with E-state index in [0.29, 0.717) is 6.42 Å². The summed E-state index contributed by atoms with van der Waals surface area (Å²) < 4.78 is 0. The van der Waals surface area contributed by atoms with Crippen molar-refractivity contribution in [1.29, 1.82) is 0 Å². The Morgan fingerprint density at radius 2 is 1.92 bits per heavy atom. The zero-order valence-corrected chi connectivity index (χ0v) is 8.55. The standard InChI is InChI=1S/C10H20O2/c1-5-6-8(11)7-9(12)10(2,3)4/h8,11H,5-7H2,1-4H3. The topological polar surface area (TPSA) is 37.3 Å². The zero-order chi connectivity index (χ0) is 9.78. The molecule has 0 aromatic rings. The van der Waals surface area contributed by atoms with E-state index in [4.69, 9.17) is 0 Å². The van der Waals surface area contributed by atoms with Crippen molar-refractivity contribution >= 4 is 5.78 Å². The predicted molar refractivity (Wildman–Crippen MR) is 50.0 cm³/mol. The summed E-state index contributed by atoms with van der Waals surface area (Å²) in [6, 6.07) is 0. The molecular formula is C10H20O2. The smallest absolute Gasteiger partial charge is 0.140 e. The number of rotatable bonds is 4. The summed E-state index contributed by atoms with van der Waals surface area (Å²) >= 11 is 0. The van der Waals surface area contributed by atoms with Gasteiger partial charge in [-0.3, -0.25) is 4.79 Å². The second kappa shape index (κ2) is 4.61. The van der Waals surface area contributed by atoms with Crippen molar-refractivity contribution in [2.24, 2.45) is 5.41 Å². The number of aliphatic hydroxyl groups excluding tert-OH is 1. The normalized spacial score (nSPS) is 14.4. The highest BCUT2D eigenvalue weighted by atomic mass is 16.3. The molecule has 0 aliphatic heterocycles. The van der Waals surface area contributed by atoms with E-state index in [9.17, 15) is 9.90 Å². The third kappa shape index (κ3) is 4.50. The first-order valence-corrected chi connectivity index (χ1v) is 4.59. The number of carbonyl (C=O) groups is 1. The Bertz CT molecular complexity index is 144. The lowest BCUT2D eigenvalue weighted by Gasteiger charge is -2.18. The molecule has 0 aliphatic carbocycles. The quantitative estimate of drug-likeness (QED) is 0.705. The van der Waals surface area contributed by atoms with Gasteiger partial charge in [-0.05, 0) is 6.42 Å². The van der Waals surface area contributed by atoms with Crippen molar-refractivity contribution in [3.05, 3.63) is 0 Å². The first kappa shape index (κ1) is 11.6. The SMILES string of the molecule is CCCC(O)CC(=O)C(C)(C)C. The van der Waals surface area contributed by atoms with E-state index in [1.165, 1.54) is 0 Å². The van der Waals surface area contributed by atoms with Gasteiger partial charge >= 0.3 is 0 Å². The Kier molecular flexibility index (Phi) is 4.46. The van der Waals surface area contributed by atoms with Crippen molar-refractivity contribution in [2.75, 3.05) is 0 Å². The Labute approximate surface area is 75.0 Å². The molecule has 1 unspecified atom stereocenters. The van der Waals surface area contributed by atoms with E-state index in [1.54, 1.807) is 0 Å². The lowest BCUT2D eigenvalue weighted by Crippen LogP contribution is -2.24. The first-order valence-electron chi connectivity index (χ1n) is 4.59. The van der Waals surface area contributed by atoms with Gasteiger partial charge in [0, 0.05) is 11.8 Å². The van der Waals surface area contributed by atoms with Gasteiger partial charge in [-0.2, -0.15) is 0 Å². The second-order valence-electron chi connectivity index (χ2n) is 4.32. The molecule has 0 bridgehead atoms. The van der Waals surface area contributed by atoms with Crippen molar-refractivity contribution in [1.82, 2.24) is 0 Å². The summed E-state index contributed by atoms with van der Waals surface area (Å²) in [7, 11) is 0. The van der Waals surface area contributed by atoms with Crippen molar-refractivity contribution in [3.63, 3.8) is 0 Å². The average Bonchev–Trinajstić information content (AvgIpc) is 1.85. The largest absolute Gasteiger partial charge is 0.393 e. The van der Waals surface area contributed by atoms with Gasteiger partial charge in [0.15, 0.2) is 0 Å². The number of hydrogen-bond acceptors (Lipinski definition) is 2. The summed E-state index contributed by atoms with van der Waals surface area (Å²) in [5, 5.41) is 9.36. The highest BCUT2D eigenvalue weighted by Gasteiger charge is 2.23. The van der Waals surface area contributed by atoms with Gasteiger partial charge in [-0.25, -0.2) is 0 Å². The third-order valence-corrected chi connectivity index (χ3v) is 1.88. The highest BCUT2D eigenvalue weighted by Crippen LogP contribution is 2.18. The van der Waals surface area contributed by atoms with Crippen LogP contribution in [-0.2, 0) is 4.79 Å².